The number of hydrogen-bond acceptors (Lipinski definition) is 4. The Bertz CT molecular complexity index is 709. The summed E-state index contributed by atoms with van der Waals surface area (Å²) in [6.07, 6.45) is 1.45. The van der Waals surface area contributed by atoms with Crippen LogP contribution in [0.5, 0.6) is 0 Å². The summed E-state index contributed by atoms with van der Waals surface area (Å²) in [6.45, 7) is 7.96. The van der Waals surface area contributed by atoms with Crippen molar-refractivity contribution in [3.05, 3.63) is 45.9 Å². The van der Waals surface area contributed by atoms with E-state index in [0.29, 0.717) is 11.5 Å². The van der Waals surface area contributed by atoms with Gasteiger partial charge in [0.1, 0.15) is 17.7 Å². The van der Waals surface area contributed by atoms with E-state index >= 15 is 0 Å². The second-order valence-electron chi connectivity index (χ2n) is 5.83. The molecule has 0 spiro atoms. The Morgan fingerprint density at radius 1 is 1.38 bits per heavy atom. The van der Waals surface area contributed by atoms with Crippen LogP contribution in [-0.2, 0) is 12.1 Å². The van der Waals surface area contributed by atoms with Gasteiger partial charge in [-0.2, -0.15) is 5.10 Å². The van der Waals surface area contributed by atoms with Gasteiger partial charge in [-0.1, -0.05) is 0 Å². The van der Waals surface area contributed by atoms with Crippen molar-refractivity contribution >= 4 is 5.91 Å². The summed E-state index contributed by atoms with van der Waals surface area (Å²) < 4.78 is 1.74. The molecule has 2 rings (SSSR count). The molecule has 0 saturated heterocycles. The number of aromatic amines is 1. The maximum Gasteiger partial charge on any atom is 0.260 e. The fraction of sp³-hybridized carbons (Fsp3) is 0.429. The van der Waals surface area contributed by atoms with Gasteiger partial charge in [0.25, 0.3) is 11.5 Å². The summed E-state index contributed by atoms with van der Waals surface area (Å²) in [4.78, 5) is 30.5. The van der Waals surface area contributed by atoms with Crippen LogP contribution in [0.15, 0.2) is 23.3 Å². The van der Waals surface area contributed by atoms with Gasteiger partial charge in [-0.25, -0.2) is 9.67 Å². The first-order valence-electron chi connectivity index (χ1n) is 6.66. The first-order chi connectivity index (χ1) is 9.79. The monoisotopic (exact) mass is 289 g/mol. The van der Waals surface area contributed by atoms with Crippen molar-refractivity contribution in [2.45, 2.75) is 39.8 Å². The summed E-state index contributed by atoms with van der Waals surface area (Å²) in [5.74, 6) is 0.207. The van der Waals surface area contributed by atoms with Crippen molar-refractivity contribution in [2.24, 2.45) is 0 Å². The summed E-state index contributed by atoms with van der Waals surface area (Å²) in [5.41, 5.74) is 0.175. The molecule has 2 aromatic rings. The molecule has 0 aromatic carbocycles. The number of amides is 1. The number of nitrogens with one attached hydrogen (secondary N) is 2. The number of pyridine rings is 1. The number of rotatable bonds is 3. The standard InChI is InChI=1S/C14H19N5O2/c1-9-5-6-10(13(21)18-9)12(20)15-7-11-16-8-17-19(11)14(2,3)4/h5-6,8H,7H2,1-4H3,(H,15,20)(H,18,21). The lowest BCUT2D eigenvalue weighted by atomic mass is 10.1. The number of hydrogen-bond donors (Lipinski definition) is 2. The van der Waals surface area contributed by atoms with Gasteiger partial charge in [0.05, 0.1) is 12.1 Å². The average molecular weight is 289 g/mol. The molecule has 7 heteroatoms. The van der Waals surface area contributed by atoms with Crippen LogP contribution >= 0.6 is 0 Å². The minimum Gasteiger partial charge on any atom is -0.345 e. The Kier molecular flexibility index (Phi) is 3.93. The minimum atomic E-state index is -0.431. The molecular weight excluding hydrogens is 270 g/mol. The van der Waals surface area contributed by atoms with Gasteiger partial charge in [-0.05, 0) is 39.8 Å². The quantitative estimate of drug-likeness (QED) is 0.880. The third-order valence-electron chi connectivity index (χ3n) is 2.96. The zero-order valence-corrected chi connectivity index (χ0v) is 12.6. The van der Waals surface area contributed by atoms with Crippen LogP contribution < -0.4 is 10.9 Å². The molecule has 2 N–H and O–H groups in total. The number of aromatic nitrogens is 4. The predicted octanol–water partition coefficient (Wildman–Crippen LogP) is 0.960. The predicted molar refractivity (Wildman–Crippen MR) is 78.0 cm³/mol. The van der Waals surface area contributed by atoms with Gasteiger partial charge in [0.2, 0.25) is 0 Å². The van der Waals surface area contributed by atoms with E-state index in [1.165, 1.54) is 12.4 Å². The summed E-state index contributed by atoms with van der Waals surface area (Å²) in [7, 11) is 0. The highest BCUT2D eigenvalue weighted by Crippen LogP contribution is 2.13. The van der Waals surface area contributed by atoms with Crippen molar-refractivity contribution in [1.29, 1.82) is 0 Å². The molecule has 0 atom stereocenters. The van der Waals surface area contributed by atoms with Crippen LogP contribution in [0.25, 0.3) is 0 Å². The fourth-order valence-corrected chi connectivity index (χ4v) is 1.95. The van der Waals surface area contributed by atoms with Crippen molar-refractivity contribution in [3.63, 3.8) is 0 Å². The van der Waals surface area contributed by atoms with E-state index in [0.717, 1.165) is 0 Å². The van der Waals surface area contributed by atoms with Gasteiger partial charge in [0, 0.05) is 5.69 Å². The normalized spacial score (nSPS) is 11.4. The lowest BCUT2D eigenvalue weighted by Crippen LogP contribution is -2.32. The van der Waals surface area contributed by atoms with Crippen LogP contribution in [-0.4, -0.2) is 25.7 Å². The Hall–Kier alpha value is -2.44. The highest BCUT2D eigenvalue weighted by atomic mass is 16.2. The van der Waals surface area contributed by atoms with Crippen LogP contribution in [0.2, 0.25) is 0 Å². The Morgan fingerprint density at radius 3 is 2.71 bits per heavy atom. The van der Waals surface area contributed by atoms with Gasteiger partial charge in [0.15, 0.2) is 0 Å². The van der Waals surface area contributed by atoms with Crippen LogP contribution in [0.3, 0.4) is 0 Å². The Morgan fingerprint density at radius 2 is 2.10 bits per heavy atom. The lowest BCUT2D eigenvalue weighted by molar-refractivity contribution is 0.0947. The van der Waals surface area contributed by atoms with Crippen LogP contribution in [0.4, 0.5) is 0 Å². The second-order valence-corrected chi connectivity index (χ2v) is 5.83. The summed E-state index contributed by atoms with van der Waals surface area (Å²) in [6, 6.07) is 3.20. The van der Waals surface area contributed by atoms with Gasteiger partial charge in [-0.15, -0.1) is 0 Å². The Balaban J connectivity index is 2.12. The molecule has 0 aliphatic heterocycles. The first kappa shape index (κ1) is 15.0. The molecule has 21 heavy (non-hydrogen) atoms. The zero-order chi connectivity index (χ0) is 15.6. The van der Waals surface area contributed by atoms with E-state index in [4.69, 9.17) is 0 Å². The smallest absolute Gasteiger partial charge is 0.260 e. The van der Waals surface area contributed by atoms with E-state index in [1.807, 2.05) is 20.8 Å². The largest absolute Gasteiger partial charge is 0.345 e. The molecule has 7 nitrogen and oxygen atoms in total. The second kappa shape index (κ2) is 5.51. The SMILES string of the molecule is Cc1ccc(C(=O)NCc2ncnn2C(C)(C)C)c(=O)[nH]1. The highest BCUT2D eigenvalue weighted by Gasteiger charge is 2.19. The maximum absolute atomic E-state index is 12.0. The number of carbonyl (C=O) groups excluding carboxylic acids is 1. The zero-order valence-electron chi connectivity index (χ0n) is 12.6. The molecule has 112 valence electrons. The Labute approximate surface area is 122 Å². The number of aryl methyl sites for hydroxylation is 1. The van der Waals surface area contributed by atoms with Crippen molar-refractivity contribution in [2.75, 3.05) is 0 Å². The van der Waals surface area contributed by atoms with Crippen molar-refractivity contribution in [1.82, 2.24) is 25.1 Å². The number of carbonyl (C=O) groups is 1. The van der Waals surface area contributed by atoms with Crippen molar-refractivity contribution in [3.8, 4) is 0 Å². The molecule has 0 fully saturated rings. The molecule has 2 heterocycles. The number of H-pyrrole nitrogens is 1. The van der Waals surface area contributed by atoms with Crippen molar-refractivity contribution < 1.29 is 4.79 Å². The molecule has 0 radical (unpaired) electrons. The van der Waals surface area contributed by atoms with Crippen LogP contribution in [0.1, 0.15) is 42.6 Å². The van der Waals surface area contributed by atoms with Crippen LogP contribution in [0, 0.1) is 6.92 Å². The lowest BCUT2D eigenvalue weighted by Gasteiger charge is -2.21. The van der Waals surface area contributed by atoms with E-state index in [2.05, 4.69) is 20.4 Å². The van der Waals surface area contributed by atoms with E-state index in [9.17, 15) is 9.59 Å². The van der Waals surface area contributed by atoms with E-state index in [-0.39, 0.29) is 17.6 Å². The molecule has 0 bridgehead atoms. The third kappa shape index (κ3) is 3.36. The summed E-state index contributed by atoms with van der Waals surface area (Å²) >= 11 is 0. The van der Waals surface area contributed by atoms with Gasteiger partial charge < -0.3 is 10.3 Å². The summed E-state index contributed by atoms with van der Waals surface area (Å²) in [5, 5.41) is 6.85. The van der Waals surface area contributed by atoms with Gasteiger partial charge >= 0.3 is 0 Å². The van der Waals surface area contributed by atoms with Gasteiger partial charge in [-0.3, -0.25) is 9.59 Å². The third-order valence-corrected chi connectivity index (χ3v) is 2.96. The van der Waals surface area contributed by atoms with E-state index < -0.39 is 11.5 Å². The fourth-order valence-electron chi connectivity index (χ4n) is 1.95. The maximum atomic E-state index is 12.0. The molecule has 0 aliphatic rings. The molecule has 0 aliphatic carbocycles. The molecule has 0 saturated carbocycles. The first-order valence-corrected chi connectivity index (χ1v) is 6.66. The van der Waals surface area contributed by atoms with E-state index in [1.54, 1.807) is 17.7 Å². The molecule has 2 aromatic heterocycles. The average Bonchev–Trinajstić information content (AvgIpc) is 2.84. The molecule has 0 unspecified atom stereocenters. The highest BCUT2D eigenvalue weighted by molar-refractivity contribution is 5.93. The minimum absolute atomic E-state index is 0.0856. The molecule has 1 amide bonds. The molecular formula is C14H19N5O2. The number of nitrogens with zero attached hydrogens (tertiary/aromatic N) is 3. The topological polar surface area (TPSA) is 92.7 Å².